The van der Waals surface area contributed by atoms with Crippen molar-refractivity contribution in [1.82, 2.24) is 19.9 Å². The van der Waals surface area contributed by atoms with E-state index in [1.165, 1.54) is 0 Å². The summed E-state index contributed by atoms with van der Waals surface area (Å²) in [6.07, 6.45) is 5.53. The van der Waals surface area contributed by atoms with Crippen LogP contribution in [0.5, 0.6) is 0 Å². The van der Waals surface area contributed by atoms with E-state index in [0.717, 1.165) is 23.4 Å². The lowest BCUT2D eigenvalue weighted by atomic mass is 10.1. The van der Waals surface area contributed by atoms with Crippen LogP contribution in [-0.4, -0.2) is 21.1 Å². The second-order valence-electron chi connectivity index (χ2n) is 3.82. The van der Waals surface area contributed by atoms with Gasteiger partial charge in [0.2, 0.25) is 0 Å². The molecule has 0 aliphatic heterocycles. The van der Waals surface area contributed by atoms with Gasteiger partial charge in [-0.1, -0.05) is 6.08 Å². The lowest BCUT2D eigenvalue weighted by Gasteiger charge is -2.15. The lowest BCUT2D eigenvalue weighted by molar-refractivity contribution is 0.604. The van der Waals surface area contributed by atoms with Crippen LogP contribution in [0.1, 0.15) is 24.2 Å². The molecule has 0 saturated heterocycles. The van der Waals surface area contributed by atoms with Crippen LogP contribution in [0.2, 0.25) is 0 Å². The van der Waals surface area contributed by atoms with Gasteiger partial charge in [0, 0.05) is 36.1 Å². The Morgan fingerprint density at radius 2 is 2.44 bits per heavy atom. The molecule has 16 heavy (non-hydrogen) atoms. The lowest BCUT2D eigenvalue weighted by Crippen LogP contribution is -2.20. The fourth-order valence-corrected chi connectivity index (χ4v) is 1.80. The smallest absolute Gasteiger partial charge is 0.155 e. The molecular weight excluding hydrogens is 200 g/mol. The summed E-state index contributed by atoms with van der Waals surface area (Å²) < 4.78 is 1.86. The molecule has 0 aliphatic rings. The number of fused-ring (bicyclic) bond motifs is 1. The second-order valence-corrected chi connectivity index (χ2v) is 3.82. The zero-order chi connectivity index (χ0) is 11.5. The summed E-state index contributed by atoms with van der Waals surface area (Å²) in [5.74, 6) is 0. The van der Waals surface area contributed by atoms with Crippen molar-refractivity contribution < 1.29 is 0 Å². The predicted octanol–water partition coefficient (Wildman–Crippen LogP) is 1.87. The number of nitrogens with zero attached hydrogens (tertiary/aromatic N) is 3. The number of aryl methyl sites for hydroxylation is 1. The average molecular weight is 216 g/mol. The van der Waals surface area contributed by atoms with Crippen LogP contribution in [0, 0.1) is 6.92 Å². The van der Waals surface area contributed by atoms with Crippen molar-refractivity contribution in [2.45, 2.75) is 19.9 Å². The first-order valence-electron chi connectivity index (χ1n) is 5.37. The maximum Gasteiger partial charge on any atom is 0.155 e. The molecule has 2 aromatic rings. The van der Waals surface area contributed by atoms with E-state index < -0.39 is 0 Å². The molecule has 0 aliphatic carbocycles. The molecule has 2 rings (SSSR count). The molecule has 4 nitrogen and oxygen atoms in total. The Kier molecular flexibility index (Phi) is 3.01. The zero-order valence-corrected chi connectivity index (χ0v) is 9.64. The molecule has 1 atom stereocenters. The van der Waals surface area contributed by atoms with Gasteiger partial charge in [0.1, 0.15) is 0 Å². The number of rotatable bonds is 4. The first-order chi connectivity index (χ1) is 7.74. The minimum atomic E-state index is 0.249. The summed E-state index contributed by atoms with van der Waals surface area (Å²) in [5.41, 5.74) is 3.18. The van der Waals surface area contributed by atoms with Gasteiger partial charge in [-0.05, 0) is 13.8 Å². The van der Waals surface area contributed by atoms with Gasteiger partial charge in [-0.25, -0.2) is 9.50 Å². The molecule has 1 N–H and O–H groups in total. The molecule has 2 heterocycles. The van der Waals surface area contributed by atoms with E-state index in [9.17, 15) is 0 Å². The molecule has 0 aromatic carbocycles. The van der Waals surface area contributed by atoms with Crippen LogP contribution in [0.4, 0.5) is 0 Å². The Labute approximate surface area is 95.0 Å². The van der Waals surface area contributed by atoms with E-state index in [-0.39, 0.29) is 6.04 Å². The highest BCUT2D eigenvalue weighted by molar-refractivity contribution is 5.39. The van der Waals surface area contributed by atoms with E-state index in [1.807, 2.05) is 22.9 Å². The number of nitrogens with one attached hydrogen (secondary N) is 1. The van der Waals surface area contributed by atoms with Crippen LogP contribution in [0.25, 0.3) is 5.65 Å². The fourth-order valence-electron chi connectivity index (χ4n) is 1.80. The van der Waals surface area contributed by atoms with Gasteiger partial charge in [-0.3, -0.25) is 0 Å². The quantitative estimate of drug-likeness (QED) is 0.793. The van der Waals surface area contributed by atoms with Crippen molar-refractivity contribution in [3.05, 3.63) is 42.4 Å². The summed E-state index contributed by atoms with van der Waals surface area (Å²) in [7, 11) is 0. The van der Waals surface area contributed by atoms with Gasteiger partial charge in [-0.2, -0.15) is 5.10 Å². The van der Waals surface area contributed by atoms with E-state index in [4.69, 9.17) is 0 Å². The second kappa shape index (κ2) is 4.45. The van der Waals surface area contributed by atoms with E-state index in [2.05, 4.69) is 35.8 Å². The molecule has 0 saturated carbocycles. The van der Waals surface area contributed by atoms with Gasteiger partial charge < -0.3 is 5.32 Å². The molecule has 0 fully saturated rings. The fraction of sp³-hybridized carbons (Fsp3) is 0.333. The largest absolute Gasteiger partial charge is 0.307 e. The Bertz CT molecular complexity index is 501. The Morgan fingerprint density at radius 1 is 1.62 bits per heavy atom. The van der Waals surface area contributed by atoms with Gasteiger partial charge in [-0.15, -0.1) is 6.58 Å². The summed E-state index contributed by atoms with van der Waals surface area (Å²) in [6.45, 7) is 8.66. The van der Waals surface area contributed by atoms with Gasteiger partial charge >= 0.3 is 0 Å². The topological polar surface area (TPSA) is 42.2 Å². The SMILES string of the molecule is C=CCN[C@H](C)c1cnc2ccnn2c1C. The minimum absolute atomic E-state index is 0.249. The highest BCUT2D eigenvalue weighted by atomic mass is 15.2. The molecular formula is C12H16N4. The van der Waals surface area contributed by atoms with Crippen molar-refractivity contribution in [3.8, 4) is 0 Å². The molecule has 0 radical (unpaired) electrons. The van der Waals surface area contributed by atoms with Gasteiger partial charge in [0.05, 0.1) is 6.20 Å². The summed E-state index contributed by atoms with van der Waals surface area (Å²) in [4.78, 5) is 4.37. The Hall–Kier alpha value is -1.68. The molecule has 2 aromatic heterocycles. The third-order valence-corrected chi connectivity index (χ3v) is 2.73. The average Bonchev–Trinajstić information content (AvgIpc) is 2.75. The predicted molar refractivity (Wildman–Crippen MR) is 64.3 cm³/mol. The normalized spacial score (nSPS) is 12.9. The van der Waals surface area contributed by atoms with Crippen molar-refractivity contribution in [2.75, 3.05) is 6.54 Å². The van der Waals surface area contributed by atoms with E-state index in [0.29, 0.717) is 0 Å². The first-order valence-corrected chi connectivity index (χ1v) is 5.37. The van der Waals surface area contributed by atoms with Crippen molar-refractivity contribution in [1.29, 1.82) is 0 Å². The summed E-state index contributed by atoms with van der Waals surface area (Å²) >= 11 is 0. The minimum Gasteiger partial charge on any atom is -0.307 e. The van der Waals surface area contributed by atoms with Crippen molar-refractivity contribution >= 4 is 5.65 Å². The van der Waals surface area contributed by atoms with Crippen LogP contribution >= 0.6 is 0 Å². The number of aromatic nitrogens is 3. The third kappa shape index (κ3) is 1.84. The van der Waals surface area contributed by atoms with Crippen molar-refractivity contribution in [2.24, 2.45) is 0 Å². The number of hydrogen-bond donors (Lipinski definition) is 1. The Balaban J connectivity index is 2.36. The molecule has 0 amide bonds. The van der Waals surface area contributed by atoms with Gasteiger partial charge in [0.15, 0.2) is 5.65 Å². The van der Waals surface area contributed by atoms with E-state index in [1.54, 1.807) is 6.20 Å². The Morgan fingerprint density at radius 3 is 3.19 bits per heavy atom. The van der Waals surface area contributed by atoms with Crippen LogP contribution in [0.3, 0.4) is 0 Å². The zero-order valence-electron chi connectivity index (χ0n) is 9.64. The third-order valence-electron chi connectivity index (χ3n) is 2.73. The maximum absolute atomic E-state index is 4.37. The summed E-state index contributed by atoms with van der Waals surface area (Å²) in [5, 5.41) is 7.59. The number of hydrogen-bond acceptors (Lipinski definition) is 3. The molecule has 4 heteroatoms. The summed E-state index contributed by atoms with van der Waals surface area (Å²) in [6, 6.07) is 2.15. The molecule has 84 valence electrons. The maximum atomic E-state index is 4.37. The van der Waals surface area contributed by atoms with Crippen LogP contribution in [0.15, 0.2) is 31.1 Å². The van der Waals surface area contributed by atoms with Crippen molar-refractivity contribution in [3.63, 3.8) is 0 Å². The van der Waals surface area contributed by atoms with Crippen LogP contribution in [-0.2, 0) is 0 Å². The van der Waals surface area contributed by atoms with Gasteiger partial charge in [0.25, 0.3) is 0 Å². The standard InChI is InChI=1S/C12H16N4/c1-4-6-13-9(2)11-8-14-12-5-7-15-16(12)10(11)3/h4-5,7-9,13H,1,6H2,2-3H3/t9-/m1/s1. The highest BCUT2D eigenvalue weighted by Gasteiger charge is 2.10. The van der Waals surface area contributed by atoms with E-state index >= 15 is 0 Å². The molecule has 0 unspecified atom stereocenters. The first kappa shape index (κ1) is 10.8. The molecule has 0 bridgehead atoms. The highest BCUT2D eigenvalue weighted by Crippen LogP contribution is 2.16. The van der Waals surface area contributed by atoms with Crippen LogP contribution < -0.4 is 5.32 Å². The monoisotopic (exact) mass is 216 g/mol. The molecule has 0 spiro atoms.